The first-order valence-corrected chi connectivity index (χ1v) is 7.33. The Morgan fingerprint density at radius 1 is 0.760 bits per heavy atom. The molecule has 154 valence electrons. The molecule has 0 bridgehead atoms. The fraction of sp³-hybridized carbons (Fsp3) is 1.00. The minimum absolute atomic E-state index is 0.823. The molecule has 0 aliphatic rings. The van der Waals surface area contributed by atoms with Crippen molar-refractivity contribution in [3.63, 3.8) is 0 Å². The maximum atomic E-state index is 8.25. The number of ether oxygens (including phenoxy) is 4. The molecule has 25 heavy (non-hydrogen) atoms. The lowest BCUT2D eigenvalue weighted by Gasteiger charge is -1.98. The van der Waals surface area contributed by atoms with Crippen LogP contribution >= 0.6 is 0 Å². The van der Waals surface area contributed by atoms with E-state index < -0.39 is 5.09 Å². The van der Waals surface area contributed by atoms with Gasteiger partial charge in [0.15, 0.2) is 0 Å². The van der Waals surface area contributed by atoms with E-state index in [9.17, 15) is 0 Å². The van der Waals surface area contributed by atoms with Crippen molar-refractivity contribution in [1.29, 1.82) is 0 Å². The lowest BCUT2D eigenvalue weighted by atomic mass is 10.6. The fourth-order valence-electron chi connectivity index (χ4n) is 1.09. The van der Waals surface area contributed by atoms with Crippen LogP contribution in [0.15, 0.2) is 5.34 Å². The van der Waals surface area contributed by atoms with Crippen LogP contribution in [-0.4, -0.2) is 86.1 Å². The highest BCUT2D eigenvalue weighted by atomic mass is 16.9. The van der Waals surface area contributed by atoms with Crippen LogP contribution in [0, 0.1) is 25.4 Å². The topological polar surface area (TPSA) is 189 Å². The zero-order valence-corrected chi connectivity index (χ0v) is 15.4. The van der Waals surface area contributed by atoms with Crippen molar-refractivity contribution in [2.24, 2.45) is 5.34 Å². The Morgan fingerprint density at radius 2 is 0.920 bits per heavy atom. The van der Waals surface area contributed by atoms with Gasteiger partial charge in [-0.25, -0.2) is 0 Å². The van der Waals surface area contributed by atoms with E-state index in [-0.39, 0.29) is 0 Å². The molecule has 0 atom stereocenters. The summed E-state index contributed by atoms with van der Waals surface area (Å²) >= 11 is 0. The van der Waals surface area contributed by atoms with Crippen LogP contribution in [0.25, 0.3) is 0 Å². The summed E-state index contributed by atoms with van der Waals surface area (Å²) in [5, 5.41) is 28.1. The van der Waals surface area contributed by atoms with Crippen molar-refractivity contribution in [2.75, 3.05) is 81.0 Å². The third-order valence-electron chi connectivity index (χ3n) is 2.10. The summed E-state index contributed by atoms with van der Waals surface area (Å²) in [6.07, 6.45) is 0. The molecular weight excluding hydrogens is 344 g/mol. The van der Waals surface area contributed by atoms with Gasteiger partial charge in [-0.3, -0.25) is 0 Å². The molecule has 0 aliphatic heterocycles. The van der Waals surface area contributed by atoms with E-state index in [1.54, 1.807) is 28.4 Å². The second-order valence-corrected chi connectivity index (χ2v) is 4.00. The molecule has 0 rings (SSSR count). The highest BCUT2D eigenvalue weighted by Crippen LogP contribution is 1.58. The lowest BCUT2D eigenvalue weighted by molar-refractivity contribution is -0.657. The second-order valence-electron chi connectivity index (χ2n) is 4.00. The molecule has 0 aliphatic carbocycles. The van der Waals surface area contributed by atoms with Crippen LogP contribution in [-0.2, 0) is 18.9 Å². The zero-order chi connectivity index (χ0) is 20.2. The largest absolute Gasteiger partial charge is 0.444 e. The van der Waals surface area contributed by atoms with Gasteiger partial charge < -0.3 is 55.0 Å². The average molecular weight is 376 g/mol. The van der Waals surface area contributed by atoms with E-state index in [0.29, 0.717) is 0 Å². The first-order valence-electron chi connectivity index (χ1n) is 7.33. The Hall–Kier alpha value is -1.64. The summed E-state index contributed by atoms with van der Waals surface area (Å²) < 4.78 is 19.4. The van der Waals surface area contributed by atoms with Crippen LogP contribution in [0.5, 0.6) is 0 Å². The standard InChI is InChI=1S/2C6H15NO2.NO3.HNO2/c2*1-8-5-3-7-4-6-9-2;2-1(3)4;2-1-3/h2*7H,3-6H2,1-2H3;;(H,2,3)/q;;-1;/p+1. The lowest BCUT2D eigenvalue weighted by Crippen LogP contribution is -2.86. The molecular formula is C12H32N4O9. The van der Waals surface area contributed by atoms with Crippen molar-refractivity contribution in [1.82, 2.24) is 0 Å². The molecule has 0 saturated carbocycles. The minimum Gasteiger partial charge on any atom is -0.444 e. The molecule has 0 aromatic carbocycles. The van der Waals surface area contributed by atoms with Gasteiger partial charge in [-0.15, -0.1) is 5.34 Å². The third-order valence-corrected chi connectivity index (χ3v) is 2.10. The van der Waals surface area contributed by atoms with Gasteiger partial charge in [0.05, 0.1) is 57.7 Å². The molecule has 0 saturated heterocycles. The van der Waals surface area contributed by atoms with E-state index in [1.807, 2.05) is 0 Å². The normalized spacial score (nSPS) is 8.64. The number of rotatable bonds is 12. The van der Waals surface area contributed by atoms with Crippen molar-refractivity contribution >= 4 is 0 Å². The Bertz CT molecular complexity index is 209. The molecule has 4 N–H and O–H groups in total. The predicted molar refractivity (Wildman–Crippen MR) is 90.3 cm³/mol. The van der Waals surface area contributed by atoms with E-state index in [1.165, 1.54) is 0 Å². The Balaban J connectivity index is -0.000000130. The quantitative estimate of drug-likeness (QED) is 0.163. The van der Waals surface area contributed by atoms with Crippen molar-refractivity contribution < 1.29 is 34.7 Å². The fourth-order valence-corrected chi connectivity index (χ4v) is 1.09. The molecule has 0 fully saturated rings. The van der Waals surface area contributed by atoms with E-state index in [0.717, 1.165) is 57.9 Å². The number of nitrogens with zero attached hydrogens (tertiary/aromatic N) is 2. The maximum Gasteiger partial charge on any atom is 0.0993 e. The van der Waals surface area contributed by atoms with Gasteiger partial charge in [0, 0.05) is 28.4 Å². The summed E-state index contributed by atoms with van der Waals surface area (Å²) in [6.45, 7) is 7.40. The minimum atomic E-state index is -1.75. The zero-order valence-electron chi connectivity index (χ0n) is 15.4. The van der Waals surface area contributed by atoms with Crippen molar-refractivity contribution in [3.8, 4) is 0 Å². The highest BCUT2D eigenvalue weighted by Gasteiger charge is 1.87. The summed E-state index contributed by atoms with van der Waals surface area (Å²) in [5.74, 6) is 0. The summed E-state index contributed by atoms with van der Waals surface area (Å²) in [4.78, 5) is 16.2. The second kappa shape index (κ2) is 38.1. The molecule has 0 amide bonds. The first-order chi connectivity index (χ1) is 12.0. The SMILES string of the molecule is COCC[NH2+]CCOC.COCC[NH2+]CCOC.O=N[O-].O=[N+]([O-])[O-]. The molecule has 0 aromatic rings. The Labute approximate surface area is 147 Å². The average Bonchev–Trinajstić information content (AvgIpc) is 2.56. The van der Waals surface area contributed by atoms with Gasteiger partial charge in [0.2, 0.25) is 0 Å². The molecule has 0 aromatic heterocycles. The summed E-state index contributed by atoms with van der Waals surface area (Å²) in [5.41, 5.74) is 0. The molecule has 0 spiro atoms. The molecule has 0 radical (unpaired) electrons. The van der Waals surface area contributed by atoms with Crippen LogP contribution in [0.4, 0.5) is 0 Å². The molecule has 0 heterocycles. The number of methoxy groups -OCH3 is 4. The van der Waals surface area contributed by atoms with E-state index >= 15 is 0 Å². The van der Waals surface area contributed by atoms with E-state index in [2.05, 4.69) is 10.6 Å². The van der Waals surface area contributed by atoms with Gasteiger partial charge in [0.1, 0.15) is 0 Å². The van der Waals surface area contributed by atoms with Gasteiger partial charge in [-0.1, -0.05) is 0 Å². The predicted octanol–water partition coefficient (Wildman–Crippen LogP) is -2.30. The molecule has 0 unspecified atom stereocenters. The highest BCUT2D eigenvalue weighted by molar-refractivity contribution is 4.22. The number of hydrogen-bond donors (Lipinski definition) is 2. The van der Waals surface area contributed by atoms with Crippen LogP contribution in [0.1, 0.15) is 0 Å². The smallest absolute Gasteiger partial charge is 0.0993 e. The van der Waals surface area contributed by atoms with Gasteiger partial charge >= 0.3 is 0 Å². The Kier molecular flexibility index (Phi) is 47.5. The van der Waals surface area contributed by atoms with Crippen LogP contribution < -0.4 is 10.6 Å². The summed E-state index contributed by atoms with van der Waals surface area (Å²) in [6, 6.07) is 0. The maximum absolute atomic E-state index is 8.25. The number of nitrogens with two attached hydrogens (primary N) is 2. The van der Waals surface area contributed by atoms with Gasteiger partial charge in [0.25, 0.3) is 0 Å². The van der Waals surface area contributed by atoms with E-state index in [4.69, 9.17) is 44.4 Å². The number of quaternary nitrogens is 2. The molecule has 13 nitrogen and oxygen atoms in total. The van der Waals surface area contributed by atoms with Gasteiger partial charge in [-0.05, 0) is 0 Å². The van der Waals surface area contributed by atoms with Crippen molar-refractivity contribution in [2.45, 2.75) is 0 Å². The summed E-state index contributed by atoms with van der Waals surface area (Å²) in [7, 11) is 6.85. The van der Waals surface area contributed by atoms with Crippen LogP contribution in [0.3, 0.4) is 0 Å². The monoisotopic (exact) mass is 376 g/mol. The Morgan fingerprint density at radius 3 is 1.04 bits per heavy atom. The van der Waals surface area contributed by atoms with Crippen LogP contribution in [0.2, 0.25) is 0 Å². The third kappa shape index (κ3) is 86.4. The molecule has 13 heteroatoms. The van der Waals surface area contributed by atoms with Crippen molar-refractivity contribution in [3.05, 3.63) is 25.4 Å². The van der Waals surface area contributed by atoms with Gasteiger partial charge in [-0.2, -0.15) is 0 Å². The first kappa shape index (κ1) is 31.2. The number of hydrogen-bond acceptors (Lipinski definition) is 10.